The number of aromatic carboxylic acids is 1. The third kappa shape index (κ3) is 15.8. The van der Waals surface area contributed by atoms with E-state index in [2.05, 4.69) is 69.4 Å². The fourth-order valence-electron chi connectivity index (χ4n) is 15.5. The minimum Gasteiger partial charge on any atom is -0.495 e. The van der Waals surface area contributed by atoms with Gasteiger partial charge in [-0.3, -0.25) is 24.2 Å². The van der Waals surface area contributed by atoms with Crippen LogP contribution in [0.4, 0.5) is 46.3 Å². The number of ether oxygens (including phenoxy) is 2. The second-order valence-corrected chi connectivity index (χ2v) is 27.8. The number of carboxylic acid groups (broad SMARTS) is 1. The number of nitrogens with one attached hydrogen (secondary N) is 3. The summed E-state index contributed by atoms with van der Waals surface area (Å²) in [6.07, 6.45) is 25.8. The van der Waals surface area contributed by atoms with Crippen LogP contribution in [0.5, 0.6) is 11.5 Å². The van der Waals surface area contributed by atoms with Crippen LogP contribution in [0.15, 0.2) is 48.8 Å². The highest BCUT2D eigenvalue weighted by atomic mass is 16.5. The van der Waals surface area contributed by atoms with Crippen LogP contribution >= 0.6 is 0 Å². The number of likely N-dealkylation sites (N-methyl/N-ethyl adjacent to an activating group) is 2. The zero-order chi connectivity index (χ0) is 63.6. The molecule has 23 nitrogen and oxygen atoms in total. The molecule has 0 unspecified atom stereocenters. The van der Waals surface area contributed by atoms with E-state index in [1.54, 1.807) is 41.4 Å². The van der Waals surface area contributed by atoms with Gasteiger partial charge in [-0.2, -0.15) is 9.97 Å². The first-order valence-electron chi connectivity index (χ1n) is 33.9. The lowest BCUT2D eigenvalue weighted by Gasteiger charge is -2.41. The summed E-state index contributed by atoms with van der Waals surface area (Å²) in [5.74, 6) is 2.58. The van der Waals surface area contributed by atoms with E-state index in [1.165, 1.54) is 96.8 Å². The number of piperazine rings is 2. The molecule has 6 saturated carbocycles. The molecule has 0 radical (unpaired) electrons. The summed E-state index contributed by atoms with van der Waals surface area (Å²) in [7, 11) is 11.2. The van der Waals surface area contributed by atoms with Crippen molar-refractivity contribution < 1.29 is 33.8 Å². The Morgan fingerprint density at radius 3 is 1.33 bits per heavy atom. The molecule has 516 valence electrons. The van der Waals surface area contributed by atoms with Gasteiger partial charge in [-0.1, -0.05) is 48.0 Å². The quantitative estimate of drug-likeness (QED) is 0.0835. The minimum absolute atomic E-state index is 0. The van der Waals surface area contributed by atoms with Gasteiger partial charge in [0.15, 0.2) is 11.6 Å². The average Bonchev–Trinajstić information content (AvgIpc) is 1.59. The Labute approximate surface area is 559 Å². The predicted molar refractivity (Wildman–Crippen MR) is 375 cm³/mol. The normalized spacial score (nSPS) is 24.5. The van der Waals surface area contributed by atoms with Gasteiger partial charge in [0.25, 0.3) is 5.91 Å². The van der Waals surface area contributed by atoms with Crippen molar-refractivity contribution in [1.29, 1.82) is 0 Å². The Morgan fingerprint density at radius 1 is 0.543 bits per heavy atom. The maximum absolute atomic E-state index is 13.4. The molecule has 2 aromatic carbocycles. The number of carboxylic acids is 1. The van der Waals surface area contributed by atoms with E-state index in [-0.39, 0.29) is 62.4 Å². The number of fused-ring (bicyclic) bond motifs is 2. The van der Waals surface area contributed by atoms with Crippen LogP contribution in [0.25, 0.3) is 0 Å². The van der Waals surface area contributed by atoms with Crippen molar-refractivity contribution in [3.63, 3.8) is 0 Å². The highest BCUT2D eigenvalue weighted by Gasteiger charge is 2.57. The van der Waals surface area contributed by atoms with Gasteiger partial charge < -0.3 is 65.7 Å². The van der Waals surface area contributed by atoms with Crippen LogP contribution in [0, 0.1) is 10.8 Å². The summed E-state index contributed by atoms with van der Waals surface area (Å²) in [4.78, 5) is 88.3. The molecule has 94 heavy (non-hydrogen) atoms. The Hall–Kier alpha value is -6.92. The molecular weight excluding hydrogens is 1190 g/mol. The Kier molecular flexibility index (Phi) is 23.4. The third-order valence-electron chi connectivity index (χ3n) is 21.8. The van der Waals surface area contributed by atoms with Gasteiger partial charge in [0.05, 0.1) is 54.4 Å². The van der Waals surface area contributed by atoms with Gasteiger partial charge in [0, 0.05) is 121 Å². The predicted octanol–water partition coefficient (Wildman–Crippen LogP) is 9.87. The van der Waals surface area contributed by atoms with Crippen LogP contribution in [-0.2, 0) is 9.59 Å². The van der Waals surface area contributed by atoms with Crippen LogP contribution < -0.4 is 50.8 Å². The van der Waals surface area contributed by atoms with Crippen molar-refractivity contribution in [3.8, 4) is 11.5 Å². The van der Waals surface area contributed by atoms with Crippen LogP contribution in [-0.4, -0.2) is 212 Å². The van der Waals surface area contributed by atoms with E-state index in [4.69, 9.17) is 25.2 Å². The molecule has 14 rings (SSSR count). The number of methoxy groups -OCH3 is 2. The van der Waals surface area contributed by atoms with Crippen molar-refractivity contribution in [2.24, 2.45) is 16.6 Å². The SMILES string of the molecule is C.C.C.CN1CCN(C2CCC(N)CC2)CC1.COc1cc(C(=O)NC2CCC(N3CCN(C)CC3)CC2)ccc1Nc1ncc2c(n1)N(C1CCCC1)CC1(CC1)C(=O)N2C.COc1cc(C(=O)O)ccc1Nc1ncc2c(n1)N(C1CCCC1)CC1(CC1)C(=O)N2C. The molecule has 4 aliphatic heterocycles. The monoisotopic (exact) mass is 1300 g/mol. The molecule has 2 aromatic heterocycles. The number of anilines is 8. The fraction of sp³-hybridized carbons (Fsp3) is 0.662. The smallest absolute Gasteiger partial charge is 0.335 e. The van der Waals surface area contributed by atoms with Crippen molar-refractivity contribution in [3.05, 3.63) is 59.9 Å². The first kappa shape index (κ1) is 71.4. The molecule has 3 amide bonds. The highest BCUT2D eigenvalue weighted by molar-refractivity contribution is 6.04. The summed E-state index contributed by atoms with van der Waals surface area (Å²) in [5.41, 5.74) is 8.78. The number of nitrogens with two attached hydrogens (primary N) is 1. The molecule has 0 bridgehead atoms. The summed E-state index contributed by atoms with van der Waals surface area (Å²) in [6.45, 7) is 11.0. The lowest BCUT2D eigenvalue weighted by atomic mass is 9.89. The number of rotatable bonds is 13. The number of benzene rings is 2. The maximum atomic E-state index is 13.4. The van der Waals surface area contributed by atoms with Crippen molar-refractivity contribution in [2.45, 2.75) is 187 Å². The largest absolute Gasteiger partial charge is 0.495 e. The molecule has 2 saturated heterocycles. The van der Waals surface area contributed by atoms with Crippen molar-refractivity contribution in [1.82, 2.24) is 44.9 Å². The first-order valence-corrected chi connectivity index (χ1v) is 33.9. The highest BCUT2D eigenvalue weighted by Crippen LogP contribution is 2.54. The Morgan fingerprint density at radius 2 is 0.936 bits per heavy atom. The van der Waals surface area contributed by atoms with E-state index in [0.29, 0.717) is 71.0 Å². The molecule has 2 spiro atoms. The molecule has 23 heteroatoms. The molecule has 0 atom stereocenters. The summed E-state index contributed by atoms with van der Waals surface area (Å²) >= 11 is 0. The van der Waals surface area contributed by atoms with Gasteiger partial charge in [0.1, 0.15) is 22.9 Å². The lowest BCUT2D eigenvalue weighted by molar-refractivity contribution is -0.123. The molecule has 6 heterocycles. The summed E-state index contributed by atoms with van der Waals surface area (Å²) in [5, 5.41) is 19.0. The van der Waals surface area contributed by atoms with Crippen LogP contribution in [0.3, 0.4) is 0 Å². The van der Waals surface area contributed by atoms with E-state index < -0.39 is 5.97 Å². The molecule has 4 aromatic rings. The molecule has 8 fully saturated rings. The Bertz CT molecular complexity index is 3210. The number of carbonyl (C=O) groups excluding carboxylic acids is 3. The first-order chi connectivity index (χ1) is 44.0. The van der Waals surface area contributed by atoms with Crippen LogP contribution in [0.2, 0.25) is 0 Å². The van der Waals surface area contributed by atoms with Gasteiger partial charge in [-0.05, 0) is 153 Å². The van der Waals surface area contributed by atoms with E-state index >= 15 is 0 Å². The number of aromatic nitrogens is 4. The zero-order valence-electron chi connectivity index (χ0n) is 54.6. The Balaban J connectivity index is 0.000000185. The van der Waals surface area contributed by atoms with E-state index in [0.717, 1.165) is 139 Å². The van der Waals surface area contributed by atoms with Crippen molar-refractivity contribution in [2.75, 3.05) is 138 Å². The van der Waals surface area contributed by atoms with Gasteiger partial charge in [-0.15, -0.1) is 0 Å². The lowest BCUT2D eigenvalue weighted by Crippen LogP contribution is -2.51. The second-order valence-electron chi connectivity index (χ2n) is 27.8. The molecular formula is C71H110N16O7. The average molecular weight is 1300 g/mol. The van der Waals surface area contributed by atoms with Gasteiger partial charge in [-0.25, -0.2) is 14.8 Å². The van der Waals surface area contributed by atoms with Crippen molar-refractivity contribution >= 4 is 70.0 Å². The fourth-order valence-corrected chi connectivity index (χ4v) is 15.5. The number of nitrogens with zero attached hydrogens (tertiary/aromatic N) is 12. The zero-order valence-corrected chi connectivity index (χ0v) is 54.6. The summed E-state index contributed by atoms with van der Waals surface area (Å²) in [6, 6.07) is 13.0. The number of amides is 3. The number of hydrogen-bond donors (Lipinski definition) is 5. The number of hydrogen-bond acceptors (Lipinski definition) is 19. The summed E-state index contributed by atoms with van der Waals surface area (Å²) < 4.78 is 11.1. The third-order valence-corrected chi connectivity index (χ3v) is 21.8. The van der Waals surface area contributed by atoms with E-state index in [1.807, 2.05) is 26.2 Å². The number of carbonyl (C=O) groups is 4. The van der Waals surface area contributed by atoms with E-state index in [9.17, 15) is 24.3 Å². The minimum atomic E-state index is -1.02. The van der Waals surface area contributed by atoms with Gasteiger partial charge in [0.2, 0.25) is 23.7 Å². The molecule has 6 N–H and O–H groups in total. The van der Waals surface area contributed by atoms with Crippen LogP contribution in [0.1, 0.15) is 171 Å². The molecule has 10 aliphatic rings. The second kappa shape index (κ2) is 30.9. The maximum Gasteiger partial charge on any atom is 0.335 e. The standard InChI is InChI=1S/C34H48N8O3.C23H27N5O4.C11H23N3.3CH4/c1-39-16-18-41(19-17-39)25-11-9-24(10-12-25)36-31(43)23-8-13-27(29(20-23)45-3)37-33-35-21-28-30(38-33)42(26-6-4-5-7-26)22-34(14-15-34)32(44)40(28)2;1-27-17-12-24-22(25-16-8-7-14(20(29)30)11-18(16)32-2)26-19(17)28(15-5-3-4-6-15)13-23(9-10-23)21(27)31;1-13-6-8-14(9-7-13)11-4-2-10(12)3-5-11;;;/h8,13,20-21,24-26H,4-7,9-12,14-19,22H2,1-3H3,(H,36,43)(H,35,37,38);7-8,11-12,15H,3-6,9-10,13H2,1-2H3,(H,29,30)(H,24,25,26);10-11H,2-9,12H2,1H3;3*1H4. The van der Waals surface area contributed by atoms with Gasteiger partial charge >= 0.3 is 5.97 Å². The topological polar surface area (TPSA) is 247 Å². The molecule has 6 aliphatic carbocycles.